The van der Waals surface area contributed by atoms with E-state index in [4.69, 9.17) is 9.16 Å². The van der Waals surface area contributed by atoms with E-state index >= 15 is 0 Å². The van der Waals surface area contributed by atoms with E-state index in [9.17, 15) is 4.79 Å². The molecule has 0 spiro atoms. The SMILES string of the molecule is C=C(C)COCC(C)(C)C(=O)O[SiH3]. The molecule has 4 heteroatoms. The second-order valence-electron chi connectivity index (χ2n) is 3.83. The van der Waals surface area contributed by atoms with Gasteiger partial charge in [0.05, 0.1) is 18.6 Å². The van der Waals surface area contributed by atoms with E-state index in [1.807, 2.05) is 20.8 Å². The van der Waals surface area contributed by atoms with E-state index in [0.717, 1.165) is 5.57 Å². The van der Waals surface area contributed by atoms with Gasteiger partial charge in [0.25, 0.3) is 5.97 Å². The van der Waals surface area contributed by atoms with Gasteiger partial charge in [-0.15, -0.1) is 0 Å². The average molecular weight is 202 g/mol. The number of hydrogen-bond acceptors (Lipinski definition) is 3. The smallest absolute Gasteiger partial charge is 0.299 e. The van der Waals surface area contributed by atoms with Crippen molar-refractivity contribution in [3.05, 3.63) is 12.2 Å². The minimum absolute atomic E-state index is 0.194. The zero-order valence-electron chi connectivity index (χ0n) is 8.85. The van der Waals surface area contributed by atoms with Crippen LogP contribution in [-0.4, -0.2) is 29.7 Å². The van der Waals surface area contributed by atoms with Gasteiger partial charge in [0.2, 0.25) is 10.5 Å². The molecule has 0 unspecified atom stereocenters. The number of ether oxygens (including phenoxy) is 1. The molecule has 13 heavy (non-hydrogen) atoms. The van der Waals surface area contributed by atoms with Crippen molar-refractivity contribution in [3.8, 4) is 0 Å². The Hall–Kier alpha value is -0.613. The monoisotopic (exact) mass is 202 g/mol. The second-order valence-corrected chi connectivity index (χ2v) is 4.23. The van der Waals surface area contributed by atoms with Crippen LogP contribution in [-0.2, 0) is 14.0 Å². The van der Waals surface area contributed by atoms with Crippen molar-refractivity contribution in [1.82, 2.24) is 0 Å². The Morgan fingerprint density at radius 2 is 2.08 bits per heavy atom. The fourth-order valence-corrected chi connectivity index (χ4v) is 1.37. The molecule has 0 aromatic rings. The first-order chi connectivity index (χ1) is 5.90. The zero-order chi connectivity index (χ0) is 10.5. The molecule has 0 rings (SSSR count). The molecule has 0 amide bonds. The molecule has 0 aromatic heterocycles. The van der Waals surface area contributed by atoms with Crippen LogP contribution < -0.4 is 0 Å². The molecule has 0 aromatic carbocycles. The molecule has 0 heterocycles. The molecule has 0 saturated heterocycles. The minimum Gasteiger partial charge on any atom is -0.528 e. The van der Waals surface area contributed by atoms with Crippen LogP contribution in [0, 0.1) is 5.41 Å². The highest BCUT2D eigenvalue weighted by Crippen LogP contribution is 2.17. The van der Waals surface area contributed by atoms with Crippen molar-refractivity contribution in [2.45, 2.75) is 20.8 Å². The van der Waals surface area contributed by atoms with Gasteiger partial charge in [0.15, 0.2) is 0 Å². The highest BCUT2D eigenvalue weighted by molar-refractivity contribution is 6.06. The molecule has 0 N–H and O–H groups in total. The molecule has 0 aliphatic rings. The third kappa shape index (κ3) is 4.85. The zero-order valence-corrected chi connectivity index (χ0v) is 10.8. The van der Waals surface area contributed by atoms with Gasteiger partial charge in [-0.05, 0) is 20.8 Å². The first-order valence-corrected chi connectivity index (χ1v) is 5.02. The predicted molar refractivity (Wildman–Crippen MR) is 55.4 cm³/mol. The topological polar surface area (TPSA) is 35.5 Å². The highest BCUT2D eigenvalue weighted by atomic mass is 28.2. The van der Waals surface area contributed by atoms with Crippen molar-refractivity contribution >= 4 is 16.5 Å². The van der Waals surface area contributed by atoms with Gasteiger partial charge in [0.1, 0.15) is 0 Å². The Kier molecular flexibility index (Phi) is 4.94. The van der Waals surface area contributed by atoms with E-state index in [-0.39, 0.29) is 5.97 Å². The lowest BCUT2D eigenvalue weighted by atomic mass is 9.95. The van der Waals surface area contributed by atoms with Crippen LogP contribution in [0.1, 0.15) is 20.8 Å². The van der Waals surface area contributed by atoms with E-state index in [2.05, 4.69) is 6.58 Å². The normalized spacial score (nSPS) is 11.3. The van der Waals surface area contributed by atoms with Gasteiger partial charge in [-0.25, -0.2) is 0 Å². The fourth-order valence-electron chi connectivity index (χ4n) is 0.816. The second kappa shape index (κ2) is 5.19. The maximum atomic E-state index is 11.2. The van der Waals surface area contributed by atoms with E-state index < -0.39 is 5.41 Å². The Morgan fingerprint density at radius 1 is 1.54 bits per heavy atom. The Morgan fingerprint density at radius 3 is 2.46 bits per heavy atom. The van der Waals surface area contributed by atoms with Crippen molar-refractivity contribution in [2.24, 2.45) is 5.41 Å². The summed E-state index contributed by atoms with van der Waals surface area (Å²) < 4.78 is 10.1. The lowest BCUT2D eigenvalue weighted by Gasteiger charge is -2.21. The van der Waals surface area contributed by atoms with E-state index in [1.165, 1.54) is 0 Å². The van der Waals surface area contributed by atoms with Crippen LogP contribution in [0.5, 0.6) is 0 Å². The van der Waals surface area contributed by atoms with Gasteiger partial charge in [-0.1, -0.05) is 12.2 Å². The molecular weight excluding hydrogens is 184 g/mol. The van der Waals surface area contributed by atoms with Crippen LogP contribution in [0.15, 0.2) is 12.2 Å². The number of carbonyl (C=O) groups is 1. The average Bonchev–Trinajstić information content (AvgIpc) is 2.01. The van der Waals surface area contributed by atoms with Crippen molar-refractivity contribution in [2.75, 3.05) is 13.2 Å². The quantitative estimate of drug-likeness (QED) is 0.479. The van der Waals surface area contributed by atoms with Crippen molar-refractivity contribution in [3.63, 3.8) is 0 Å². The van der Waals surface area contributed by atoms with Gasteiger partial charge < -0.3 is 9.16 Å². The lowest BCUT2D eigenvalue weighted by molar-refractivity contribution is -0.146. The number of hydrogen-bond donors (Lipinski definition) is 0. The minimum atomic E-state index is -0.544. The summed E-state index contributed by atoms with van der Waals surface area (Å²) in [5.74, 6) is -0.194. The number of rotatable bonds is 5. The molecule has 0 fully saturated rings. The highest BCUT2D eigenvalue weighted by Gasteiger charge is 2.28. The van der Waals surface area contributed by atoms with Gasteiger partial charge >= 0.3 is 0 Å². The van der Waals surface area contributed by atoms with Crippen LogP contribution >= 0.6 is 0 Å². The summed E-state index contributed by atoms with van der Waals surface area (Å²) in [6, 6.07) is 0. The molecule has 0 atom stereocenters. The largest absolute Gasteiger partial charge is 0.528 e. The Labute approximate surface area is 82.7 Å². The summed E-state index contributed by atoms with van der Waals surface area (Å²) in [6.45, 7) is 10.1. The molecule has 0 saturated carbocycles. The molecule has 0 aliphatic carbocycles. The maximum Gasteiger partial charge on any atom is 0.299 e. The summed E-state index contributed by atoms with van der Waals surface area (Å²) in [5.41, 5.74) is 0.409. The first-order valence-electron chi connectivity index (χ1n) is 4.20. The van der Waals surface area contributed by atoms with Crippen LogP contribution in [0.3, 0.4) is 0 Å². The summed E-state index contributed by atoms with van der Waals surface area (Å²) in [7, 11) is 0.436. The lowest BCUT2D eigenvalue weighted by Crippen LogP contribution is -2.31. The molecule has 0 radical (unpaired) electrons. The molecule has 3 nitrogen and oxygen atoms in total. The van der Waals surface area contributed by atoms with Crippen LogP contribution in [0.2, 0.25) is 0 Å². The van der Waals surface area contributed by atoms with Crippen LogP contribution in [0.25, 0.3) is 0 Å². The molecule has 0 aliphatic heterocycles. The van der Waals surface area contributed by atoms with Crippen molar-refractivity contribution in [1.29, 1.82) is 0 Å². The first kappa shape index (κ1) is 12.4. The van der Waals surface area contributed by atoms with Crippen LogP contribution in [0.4, 0.5) is 0 Å². The Balaban J connectivity index is 3.89. The van der Waals surface area contributed by atoms with Crippen molar-refractivity contribution < 1.29 is 14.0 Å². The fraction of sp³-hybridized carbons (Fsp3) is 0.667. The summed E-state index contributed by atoms with van der Waals surface area (Å²) >= 11 is 0. The molecular formula is C9H18O3Si. The van der Waals surface area contributed by atoms with Gasteiger partial charge in [0, 0.05) is 0 Å². The molecule has 76 valence electrons. The predicted octanol–water partition coefficient (Wildman–Crippen LogP) is 0.429. The number of carbonyl (C=O) groups excluding carboxylic acids is 1. The summed E-state index contributed by atoms with van der Waals surface area (Å²) in [4.78, 5) is 11.2. The van der Waals surface area contributed by atoms with Gasteiger partial charge in [-0.3, -0.25) is 4.79 Å². The van der Waals surface area contributed by atoms with E-state index in [1.54, 1.807) is 0 Å². The Bertz CT molecular complexity index is 199. The molecule has 0 bridgehead atoms. The standard InChI is InChI=1S/C9H18O3Si/c1-7(2)5-11-6-9(3,4)8(10)12-13/h1,5-6H2,2-4,13H3. The summed E-state index contributed by atoms with van der Waals surface area (Å²) in [6.07, 6.45) is 0. The summed E-state index contributed by atoms with van der Waals surface area (Å²) in [5, 5.41) is 0. The third-order valence-corrected chi connectivity index (χ3v) is 1.92. The van der Waals surface area contributed by atoms with Gasteiger partial charge in [-0.2, -0.15) is 0 Å². The third-order valence-electron chi connectivity index (χ3n) is 1.55. The maximum absolute atomic E-state index is 11.2. The van der Waals surface area contributed by atoms with E-state index in [0.29, 0.717) is 23.7 Å².